The van der Waals surface area contributed by atoms with E-state index >= 15 is 0 Å². The third kappa shape index (κ3) is 3.52. The number of furan rings is 1. The molecule has 3 rings (SSSR count). The lowest BCUT2D eigenvalue weighted by Gasteiger charge is -2.22. The Hall–Kier alpha value is -2.76. The number of hydrogen-bond donors (Lipinski definition) is 1. The third-order valence-corrected chi connectivity index (χ3v) is 4.24. The molecule has 0 atom stereocenters. The molecule has 25 heavy (non-hydrogen) atoms. The van der Waals surface area contributed by atoms with Crippen molar-refractivity contribution in [1.29, 1.82) is 0 Å². The molecule has 6 nitrogen and oxygen atoms in total. The van der Waals surface area contributed by atoms with Crippen molar-refractivity contribution in [2.75, 3.05) is 25.1 Å². The Morgan fingerprint density at radius 1 is 1.40 bits per heavy atom. The number of aliphatic imine (C=N–C) groups is 1. The topological polar surface area (TPSA) is 67.1 Å². The monoisotopic (exact) mass is 341 g/mol. The summed E-state index contributed by atoms with van der Waals surface area (Å²) in [5, 5.41) is 3.33. The normalized spacial score (nSPS) is 13.7. The van der Waals surface area contributed by atoms with Crippen LogP contribution in [0.2, 0.25) is 0 Å². The Morgan fingerprint density at radius 2 is 2.20 bits per heavy atom. The predicted octanol–water partition coefficient (Wildman–Crippen LogP) is 2.90. The number of guanidine groups is 1. The molecule has 0 radical (unpaired) electrons. The van der Waals surface area contributed by atoms with Crippen LogP contribution in [0.3, 0.4) is 0 Å². The van der Waals surface area contributed by atoms with Gasteiger partial charge in [-0.2, -0.15) is 0 Å². The summed E-state index contributed by atoms with van der Waals surface area (Å²) < 4.78 is 10.4. The van der Waals surface area contributed by atoms with Gasteiger partial charge in [-0.05, 0) is 38.0 Å². The molecule has 6 heteroatoms. The molecule has 1 aliphatic heterocycles. The molecule has 0 unspecified atom stereocenters. The third-order valence-electron chi connectivity index (χ3n) is 4.24. The molecule has 0 fully saturated rings. The van der Waals surface area contributed by atoms with E-state index in [1.807, 2.05) is 13.0 Å². The van der Waals surface area contributed by atoms with Gasteiger partial charge in [-0.3, -0.25) is 0 Å². The van der Waals surface area contributed by atoms with Crippen molar-refractivity contribution >= 4 is 17.6 Å². The summed E-state index contributed by atoms with van der Waals surface area (Å²) in [5.41, 5.74) is 2.97. The van der Waals surface area contributed by atoms with Crippen LogP contribution in [0.5, 0.6) is 0 Å². The molecule has 2 aromatic rings. The van der Waals surface area contributed by atoms with Crippen LogP contribution in [-0.4, -0.2) is 32.1 Å². The van der Waals surface area contributed by atoms with Crippen molar-refractivity contribution in [2.24, 2.45) is 4.99 Å². The molecule has 1 aliphatic rings. The van der Waals surface area contributed by atoms with Crippen molar-refractivity contribution in [3.63, 3.8) is 0 Å². The van der Waals surface area contributed by atoms with Gasteiger partial charge >= 0.3 is 5.97 Å². The van der Waals surface area contributed by atoms with Gasteiger partial charge in [-0.1, -0.05) is 18.2 Å². The molecule has 0 spiro atoms. The lowest BCUT2D eigenvalue weighted by atomic mass is 10.2. The number of nitrogens with zero attached hydrogens (tertiary/aromatic N) is 2. The van der Waals surface area contributed by atoms with Crippen LogP contribution in [0.15, 0.2) is 39.7 Å². The number of methoxy groups -OCH3 is 1. The molecule has 1 aromatic heterocycles. The van der Waals surface area contributed by atoms with Crippen molar-refractivity contribution in [3.05, 3.63) is 53.0 Å². The minimum atomic E-state index is -0.392. The zero-order valence-corrected chi connectivity index (χ0v) is 14.8. The van der Waals surface area contributed by atoms with Gasteiger partial charge in [0, 0.05) is 18.8 Å². The van der Waals surface area contributed by atoms with Gasteiger partial charge in [-0.25, -0.2) is 9.79 Å². The van der Waals surface area contributed by atoms with Crippen LogP contribution >= 0.6 is 0 Å². The van der Waals surface area contributed by atoms with Crippen LogP contribution in [0.25, 0.3) is 0 Å². The first-order chi connectivity index (χ1) is 12.1. The molecule has 1 aromatic carbocycles. The average Bonchev–Trinajstić information content (AvgIpc) is 3.21. The summed E-state index contributed by atoms with van der Waals surface area (Å²) in [4.78, 5) is 18.6. The number of aryl methyl sites for hydroxylation is 1. The number of nitrogens with one attached hydrogen (secondary N) is 1. The van der Waals surface area contributed by atoms with Crippen molar-refractivity contribution in [3.8, 4) is 0 Å². The summed E-state index contributed by atoms with van der Waals surface area (Å²) in [6.07, 6.45) is 1.01. The van der Waals surface area contributed by atoms with Gasteiger partial charge in [0.05, 0.1) is 7.11 Å². The molecule has 0 bridgehead atoms. The van der Waals surface area contributed by atoms with Gasteiger partial charge in [0.2, 0.25) is 0 Å². The molecule has 0 aliphatic carbocycles. The Kier molecular flexibility index (Phi) is 5.07. The molecule has 132 valence electrons. The molecule has 2 heterocycles. The fourth-order valence-electron chi connectivity index (χ4n) is 3.04. The van der Waals surface area contributed by atoms with E-state index in [1.54, 1.807) is 13.0 Å². The zero-order valence-electron chi connectivity index (χ0n) is 14.8. The number of esters is 1. The number of carbonyl (C=O) groups excluding carboxylic acids is 1. The predicted molar refractivity (Wildman–Crippen MR) is 97.1 cm³/mol. The van der Waals surface area contributed by atoms with Gasteiger partial charge < -0.3 is 19.4 Å². The minimum Gasteiger partial charge on any atom is -0.465 e. The van der Waals surface area contributed by atoms with Crippen molar-refractivity contribution < 1.29 is 13.9 Å². The van der Waals surface area contributed by atoms with Crippen LogP contribution in [-0.2, 0) is 17.7 Å². The van der Waals surface area contributed by atoms with E-state index in [-0.39, 0.29) is 0 Å². The number of para-hydroxylation sites is 1. The number of rotatable bonds is 4. The Labute approximate surface area is 147 Å². The van der Waals surface area contributed by atoms with E-state index in [1.165, 1.54) is 18.4 Å². The number of hydrogen-bond acceptors (Lipinski definition) is 4. The maximum absolute atomic E-state index is 11.7. The fourth-order valence-corrected chi connectivity index (χ4v) is 3.04. The molecule has 0 saturated carbocycles. The first-order valence-corrected chi connectivity index (χ1v) is 8.45. The van der Waals surface area contributed by atoms with Crippen molar-refractivity contribution in [2.45, 2.75) is 26.8 Å². The van der Waals surface area contributed by atoms with E-state index in [2.05, 4.69) is 33.4 Å². The minimum absolute atomic E-state index is 0.360. The highest BCUT2D eigenvalue weighted by Gasteiger charge is 2.22. The largest absolute Gasteiger partial charge is 0.465 e. The highest BCUT2D eigenvalue weighted by molar-refractivity contribution is 5.98. The number of fused-ring (bicyclic) bond motifs is 1. The Balaban J connectivity index is 1.81. The second-order valence-electron chi connectivity index (χ2n) is 5.87. The van der Waals surface area contributed by atoms with Gasteiger partial charge in [0.25, 0.3) is 0 Å². The lowest BCUT2D eigenvalue weighted by Crippen LogP contribution is -2.40. The highest BCUT2D eigenvalue weighted by Crippen LogP contribution is 2.27. The Bertz CT molecular complexity index is 795. The standard InChI is InChI=1S/C19H23N3O3/c1-4-20-19(22-10-9-14-7-5-6-8-17(14)22)21-12-15-11-16(13(2)25-15)18(23)24-3/h5-8,11H,4,9-10,12H2,1-3H3,(H,20,21). The maximum atomic E-state index is 11.7. The molecular formula is C19H23N3O3. The van der Waals surface area contributed by atoms with Crippen molar-refractivity contribution in [1.82, 2.24) is 5.32 Å². The summed E-state index contributed by atoms with van der Waals surface area (Å²) in [6, 6.07) is 10.1. The second-order valence-corrected chi connectivity index (χ2v) is 5.87. The number of anilines is 1. The van der Waals surface area contributed by atoms with Gasteiger partial charge in [0.15, 0.2) is 5.96 Å². The molecule has 1 N–H and O–H groups in total. The van der Waals surface area contributed by atoms with E-state index in [9.17, 15) is 4.79 Å². The first kappa shape index (κ1) is 17.1. The van der Waals surface area contributed by atoms with Crippen LogP contribution in [0.4, 0.5) is 5.69 Å². The summed E-state index contributed by atoms with van der Waals surface area (Å²) in [5.74, 6) is 1.62. The van der Waals surface area contributed by atoms with Gasteiger partial charge in [0.1, 0.15) is 23.6 Å². The summed E-state index contributed by atoms with van der Waals surface area (Å²) in [7, 11) is 1.36. The number of carbonyl (C=O) groups is 1. The second kappa shape index (κ2) is 7.42. The maximum Gasteiger partial charge on any atom is 0.341 e. The number of ether oxygens (including phenoxy) is 1. The summed E-state index contributed by atoms with van der Waals surface area (Å²) >= 11 is 0. The number of benzene rings is 1. The fraction of sp³-hybridized carbons (Fsp3) is 0.368. The SMILES string of the molecule is CCNC(=NCc1cc(C(=O)OC)c(C)o1)N1CCc2ccccc21. The van der Waals surface area contributed by atoms with Gasteiger partial charge in [-0.15, -0.1) is 0 Å². The first-order valence-electron chi connectivity index (χ1n) is 8.45. The Morgan fingerprint density at radius 3 is 2.96 bits per heavy atom. The van der Waals surface area contributed by atoms with Crippen LogP contribution in [0.1, 0.15) is 34.4 Å². The van der Waals surface area contributed by atoms with Crippen LogP contribution in [0, 0.1) is 6.92 Å². The molecular weight excluding hydrogens is 318 g/mol. The summed E-state index contributed by atoms with van der Waals surface area (Å²) in [6.45, 7) is 5.84. The van der Waals surface area contributed by atoms with E-state index in [0.29, 0.717) is 23.6 Å². The van der Waals surface area contributed by atoms with E-state index < -0.39 is 5.97 Å². The molecule has 0 amide bonds. The van der Waals surface area contributed by atoms with E-state index in [0.717, 1.165) is 25.5 Å². The zero-order chi connectivity index (χ0) is 17.8. The van der Waals surface area contributed by atoms with Crippen LogP contribution < -0.4 is 10.2 Å². The highest BCUT2D eigenvalue weighted by atomic mass is 16.5. The molecule has 0 saturated heterocycles. The smallest absolute Gasteiger partial charge is 0.341 e. The van der Waals surface area contributed by atoms with E-state index in [4.69, 9.17) is 9.15 Å². The quantitative estimate of drug-likeness (QED) is 0.526. The lowest BCUT2D eigenvalue weighted by molar-refractivity contribution is 0.0599. The average molecular weight is 341 g/mol.